The zero-order valence-corrected chi connectivity index (χ0v) is 19.1. The van der Waals surface area contributed by atoms with Crippen LogP contribution in [0.25, 0.3) is 0 Å². The molecular formula is C23H22ClF4N3O4. The van der Waals surface area contributed by atoms with Crippen LogP contribution in [-0.2, 0) is 22.5 Å². The number of hydrogen-bond acceptors (Lipinski definition) is 5. The third-order valence-corrected chi connectivity index (χ3v) is 6.00. The van der Waals surface area contributed by atoms with E-state index in [4.69, 9.17) is 21.1 Å². The van der Waals surface area contributed by atoms with Gasteiger partial charge in [0.1, 0.15) is 11.6 Å². The molecule has 0 radical (unpaired) electrons. The van der Waals surface area contributed by atoms with Crippen LogP contribution >= 0.6 is 11.6 Å². The van der Waals surface area contributed by atoms with Gasteiger partial charge in [-0.3, -0.25) is 14.5 Å². The van der Waals surface area contributed by atoms with Crippen LogP contribution in [-0.4, -0.2) is 61.8 Å². The Hall–Kier alpha value is -2.89. The number of benzene rings is 2. The number of ether oxygens (including phenoxy) is 2. The lowest BCUT2D eigenvalue weighted by atomic mass is 10.0. The van der Waals surface area contributed by atoms with E-state index in [1.54, 1.807) is 17.4 Å². The van der Waals surface area contributed by atoms with E-state index in [1.807, 2.05) is 0 Å². The number of alkyl halides is 3. The number of morpholine rings is 1. The molecule has 1 unspecified atom stereocenters. The molecule has 35 heavy (non-hydrogen) atoms. The summed E-state index contributed by atoms with van der Waals surface area (Å²) in [5, 5.41) is 4.33. The van der Waals surface area contributed by atoms with Gasteiger partial charge >= 0.3 is 12.1 Å². The molecule has 0 aliphatic carbocycles. The lowest BCUT2D eigenvalue weighted by molar-refractivity contribution is -0.167. The summed E-state index contributed by atoms with van der Waals surface area (Å²) in [6.45, 7) is 2.60. The molecule has 2 amide bonds. The number of carbonyl (C=O) groups excluding carboxylic acids is 2. The fraction of sp³-hybridized carbons (Fsp3) is 0.391. The molecule has 2 aliphatic heterocycles. The van der Waals surface area contributed by atoms with Crippen molar-refractivity contribution >= 4 is 29.1 Å². The van der Waals surface area contributed by atoms with E-state index < -0.39 is 18.0 Å². The minimum atomic E-state index is -5.09. The number of halogens is 5. The first-order chi connectivity index (χ1) is 16.6. The predicted molar refractivity (Wildman–Crippen MR) is 119 cm³/mol. The number of rotatable bonds is 6. The van der Waals surface area contributed by atoms with Gasteiger partial charge in [-0.1, -0.05) is 23.7 Å². The molecule has 0 saturated carbocycles. The van der Waals surface area contributed by atoms with Crippen LogP contribution in [0.3, 0.4) is 0 Å². The molecule has 7 nitrogen and oxygen atoms in total. The first-order valence-electron chi connectivity index (χ1n) is 10.8. The van der Waals surface area contributed by atoms with E-state index in [1.165, 1.54) is 18.2 Å². The number of nitrogens with one attached hydrogen (secondary N) is 2. The molecule has 2 aromatic carbocycles. The van der Waals surface area contributed by atoms with Gasteiger partial charge in [0.15, 0.2) is 0 Å². The van der Waals surface area contributed by atoms with Crippen molar-refractivity contribution in [2.45, 2.75) is 25.2 Å². The summed E-state index contributed by atoms with van der Waals surface area (Å²) in [4.78, 5) is 26.4. The standard InChI is InChI=1S/C23H22ClF4N3O4/c24-18-9-17(20-16(5-7-35-20)19(18)30-22(33)23(26,27)28)21(32)29-10-15-12-31(6-8-34-15)11-13-1-3-14(25)4-2-13/h1-4,9,15H,5-8,10-12H2,(H,29,32)(H,30,33). The Labute approximate surface area is 203 Å². The second-order valence-corrected chi connectivity index (χ2v) is 8.61. The van der Waals surface area contributed by atoms with Gasteiger partial charge in [-0.15, -0.1) is 0 Å². The molecule has 188 valence electrons. The highest BCUT2D eigenvalue weighted by atomic mass is 35.5. The molecule has 0 aromatic heterocycles. The molecule has 12 heteroatoms. The second-order valence-electron chi connectivity index (χ2n) is 8.20. The highest BCUT2D eigenvalue weighted by molar-refractivity contribution is 6.34. The van der Waals surface area contributed by atoms with Crippen LogP contribution < -0.4 is 15.4 Å². The minimum absolute atomic E-state index is 0.0616. The van der Waals surface area contributed by atoms with Gasteiger partial charge in [-0.05, 0) is 23.8 Å². The molecular weight excluding hydrogens is 494 g/mol. The Bertz CT molecular complexity index is 1110. The number of carbonyl (C=O) groups is 2. The van der Waals surface area contributed by atoms with Crippen molar-refractivity contribution in [3.63, 3.8) is 0 Å². The summed E-state index contributed by atoms with van der Waals surface area (Å²) in [6.07, 6.45) is -5.20. The predicted octanol–water partition coefficient (Wildman–Crippen LogP) is 3.55. The summed E-state index contributed by atoms with van der Waals surface area (Å²) in [5.41, 5.74) is 1.03. The Morgan fingerprint density at radius 1 is 1.17 bits per heavy atom. The van der Waals surface area contributed by atoms with Gasteiger partial charge < -0.3 is 20.1 Å². The maximum absolute atomic E-state index is 13.1. The van der Waals surface area contributed by atoms with Crippen LogP contribution in [0.1, 0.15) is 21.5 Å². The summed E-state index contributed by atoms with van der Waals surface area (Å²) in [5.74, 6) is -2.90. The summed E-state index contributed by atoms with van der Waals surface area (Å²) in [7, 11) is 0. The molecule has 0 bridgehead atoms. The smallest absolute Gasteiger partial charge is 0.471 e. The van der Waals surface area contributed by atoms with Crippen LogP contribution in [0.15, 0.2) is 30.3 Å². The van der Waals surface area contributed by atoms with Gasteiger partial charge in [0, 0.05) is 38.2 Å². The maximum Gasteiger partial charge on any atom is 0.471 e. The molecule has 0 spiro atoms. The Kier molecular flexibility index (Phi) is 7.48. The average molecular weight is 516 g/mol. The first kappa shape index (κ1) is 25.2. The van der Waals surface area contributed by atoms with Crippen molar-refractivity contribution in [3.05, 3.63) is 57.9 Å². The summed E-state index contributed by atoms with van der Waals surface area (Å²) in [6, 6.07) is 7.41. The zero-order valence-electron chi connectivity index (χ0n) is 18.4. The van der Waals surface area contributed by atoms with Gasteiger partial charge in [0.05, 0.1) is 35.6 Å². The van der Waals surface area contributed by atoms with Crippen LogP contribution in [0.2, 0.25) is 5.02 Å². The summed E-state index contributed by atoms with van der Waals surface area (Å²) >= 11 is 6.13. The number of hydrogen-bond donors (Lipinski definition) is 2. The fourth-order valence-electron chi connectivity index (χ4n) is 4.03. The molecule has 2 N–H and O–H groups in total. The van der Waals surface area contributed by atoms with Crippen molar-refractivity contribution in [2.24, 2.45) is 0 Å². The van der Waals surface area contributed by atoms with E-state index in [-0.39, 0.29) is 59.1 Å². The SMILES string of the molecule is O=C(NCC1CN(Cc2ccc(F)cc2)CCO1)c1cc(Cl)c(NC(=O)C(F)(F)F)c2c1OCC2. The molecule has 1 atom stereocenters. The summed E-state index contributed by atoms with van der Waals surface area (Å²) < 4.78 is 62.4. The van der Waals surface area contributed by atoms with Crippen LogP contribution in [0.4, 0.5) is 23.2 Å². The molecule has 2 heterocycles. The third-order valence-electron chi connectivity index (χ3n) is 5.70. The van der Waals surface area contributed by atoms with E-state index in [2.05, 4.69) is 10.2 Å². The van der Waals surface area contributed by atoms with Crippen molar-refractivity contribution in [3.8, 4) is 5.75 Å². The number of fused-ring (bicyclic) bond motifs is 1. The van der Waals surface area contributed by atoms with Crippen LogP contribution in [0.5, 0.6) is 5.75 Å². The number of anilines is 1. The lowest BCUT2D eigenvalue weighted by Gasteiger charge is -2.33. The molecule has 2 aliphatic rings. The highest BCUT2D eigenvalue weighted by Gasteiger charge is 2.40. The Morgan fingerprint density at radius 2 is 1.91 bits per heavy atom. The topological polar surface area (TPSA) is 79.9 Å². The lowest BCUT2D eigenvalue weighted by Crippen LogP contribution is -2.47. The van der Waals surface area contributed by atoms with Crippen molar-refractivity contribution in [2.75, 3.05) is 38.2 Å². The Morgan fingerprint density at radius 3 is 2.63 bits per heavy atom. The van der Waals surface area contributed by atoms with Gasteiger partial charge in [-0.25, -0.2) is 4.39 Å². The monoisotopic (exact) mass is 515 g/mol. The third kappa shape index (κ3) is 6.03. The minimum Gasteiger partial charge on any atom is -0.492 e. The Balaban J connectivity index is 1.40. The quantitative estimate of drug-likeness (QED) is 0.575. The average Bonchev–Trinajstić information content (AvgIpc) is 3.30. The molecule has 1 saturated heterocycles. The molecule has 2 aromatic rings. The number of amides is 2. The highest BCUT2D eigenvalue weighted by Crippen LogP contribution is 2.41. The van der Waals surface area contributed by atoms with E-state index >= 15 is 0 Å². The van der Waals surface area contributed by atoms with Crippen molar-refractivity contribution in [1.82, 2.24) is 10.2 Å². The van der Waals surface area contributed by atoms with Gasteiger partial charge in [0.25, 0.3) is 5.91 Å². The van der Waals surface area contributed by atoms with E-state index in [0.717, 1.165) is 5.56 Å². The first-order valence-corrected chi connectivity index (χ1v) is 11.2. The van der Waals surface area contributed by atoms with Crippen molar-refractivity contribution in [1.29, 1.82) is 0 Å². The van der Waals surface area contributed by atoms with Gasteiger partial charge in [-0.2, -0.15) is 13.2 Å². The van der Waals surface area contributed by atoms with Crippen LogP contribution in [0, 0.1) is 5.82 Å². The fourth-order valence-corrected chi connectivity index (χ4v) is 4.30. The second kappa shape index (κ2) is 10.4. The molecule has 4 rings (SSSR count). The van der Waals surface area contributed by atoms with Crippen molar-refractivity contribution < 1.29 is 36.6 Å². The molecule has 1 fully saturated rings. The number of nitrogens with zero attached hydrogens (tertiary/aromatic N) is 1. The normalized spacial score (nSPS) is 18.0. The zero-order chi connectivity index (χ0) is 25.2. The van der Waals surface area contributed by atoms with E-state index in [0.29, 0.717) is 26.2 Å². The van der Waals surface area contributed by atoms with Gasteiger partial charge in [0.2, 0.25) is 0 Å². The largest absolute Gasteiger partial charge is 0.492 e. The maximum atomic E-state index is 13.1. The van der Waals surface area contributed by atoms with E-state index in [9.17, 15) is 27.2 Å².